The summed E-state index contributed by atoms with van der Waals surface area (Å²) in [6.07, 6.45) is 5.82. The third kappa shape index (κ3) is 2.70. The molecule has 2 rings (SSSR count). The van der Waals surface area contributed by atoms with E-state index < -0.39 is 0 Å². The second-order valence-corrected chi connectivity index (χ2v) is 4.45. The van der Waals surface area contributed by atoms with Gasteiger partial charge in [-0.1, -0.05) is 6.42 Å². The van der Waals surface area contributed by atoms with Gasteiger partial charge in [0, 0.05) is 20.0 Å². The van der Waals surface area contributed by atoms with E-state index in [9.17, 15) is 4.79 Å². The average molecular weight is 221 g/mol. The quantitative estimate of drug-likeness (QED) is 0.718. The molecule has 0 atom stereocenters. The number of rotatable bonds is 4. The first-order valence-electron chi connectivity index (χ1n) is 6.00. The molecule has 1 fully saturated rings. The second-order valence-electron chi connectivity index (χ2n) is 4.45. The molecule has 1 aromatic heterocycles. The molecule has 0 N–H and O–H groups in total. The van der Waals surface area contributed by atoms with E-state index in [1.165, 1.54) is 32.4 Å². The first-order valence-corrected chi connectivity index (χ1v) is 6.00. The minimum Gasteiger partial charge on any atom is -0.303 e. The Morgan fingerprint density at radius 2 is 2.12 bits per heavy atom. The van der Waals surface area contributed by atoms with Gasteiger partial charge in [-0.05, 0) is 32.0 Å². The fourth-order valence-electron chi connectivity index (χ4n) is 2.23. The molecule has 1 aliphatic heterocycles. The molecule has 1 aliphatic rings. The molecule has 0 unspecified atom stereocenters. The van der Waals surface area contributed by atoms with Crippen molar-refractivity contribution in [2.24, 2.45) is 7.05 Å². The Bertz CT molecular complexity index is 353. The molecule has 1 aromatic rings. The summed E-state index contributed by atoms with van der Waals surface area (Å²) in [7, 11) is 1.81. The Hall–Kier alpha value is -1.16. The standard InChI is InChI=1S/C12H19N3O/c1-14-12(10-16)9-11(13-14)5-8-15-6-3-2-4-7-15/h9-10H,2-8H2,1H3. The van der Waals surface area contributed by atoms with Crippen LogP contribution in [0.15, 0.2) is 6.07 Å². The van der Waals surface area contributed by atoms with Crippen LogP contribution in [0.2, 0.25) is 0 Å². The lowest BCUT2D eigenvalue weighted by molar-refractivity contribution is 0.111. The number of likely N-dealkylation sites (tertiary alicyclic amines) is 1. The van der Waals surface area contributed by atoms with Crippen molar-refractivity contribution in [3.8, 4) is 0 Å². The lowest BCUT2D eigenvalue weighted by Crippen LogP contribution is -2.31. The number of carbonyl (C=O) groups excluding carboxylic acids is 1. The van der Waals surface area contributed by atoms with Crippen LogP contribution in [-0.4, -0.2) is 40.6 Å². The smallest absolute Gasteiger partial charge is 0.168 e. The van der Waals surface area contributed by atoms with E-state index in [1.54, 1.807) is 4.68 Å². The molecule has 0 aliphatic carbocycles. The molecular formula is C12H19N3O. The maximum absolute atomic E-state index is 10.7. The van der Waals surface area contributed by atoms with Crippen LogP contribution in [0.1, 0.15) is 35.4 Å². The van der Waals surface area contributed by atoms with Crippen LogP contribution in [0.3, 0.4) is 0 Å². The molecule has 4 heteroatoms. The van der Waals surface area contributed by atoms with Gasteiger partial charge in [-0.2, -0.15) is 5.10 Å². The summed E-state index contributed by atoms with van der Waals surface area (Å²) >= 11 is 0. The van der Waals surface area contributed by atoms with E-state index >= 15 is 0 Å². The number of piperidine rings is 1. The summed E-state index contributed by atoms with van der Waals surface area (Å²) in [6, 6.07) is 1.89. The highest BCUT2D eigenvalue weighted by Gasteiger charge is 2.11. The summed E-state index contributed by atoms with van der Waals surface area (Å²) in [6.45, 7) is 3.50. The van der Waals surface area contributed by atoms with E-state index in [2.05, 4.69) is 10.00 Å². The minimum absolute atomic E-state index is 0.661. The van der Waals surface area contributed by atoms with Gasteiger partial charge < -0.3 is 4.90 Å². The fourth-order valence-corrected chi connectivity index (χ4v) is 2.23. The van der Waals surface area contributed by atoms with Gasteiger partial charge in [-0.3, -0.25) is 9.48 Å². The number of nitrogens with zero attached hydrogens (tertiary/aromatic N) is 3. The molecule has 0 saturated carbocycles. The fraction of sp³-hybridized carbons (Fsp3) is 0.667. The van der Waals surface area contributed by atoms with Crippen molar-refractivity contribution in [1.82, 2.24) is 14.7 Å². The lowest BCUT2D eigenvalue weighted by Gasteiger charge is -2.25. The molecular weight excluding hydrogens is 202 g/mol. The molecule has 0 amide bonds. The van der Waals surface area contributed by atoms with Crippen LogP contribution in [0.5, 0.6) is 0 Å². The third-order valence-corrected chi connectivity index (χ3v) is 3.22. The summed E-state index contributed by atoms with van der Waals surface area (Å²) in [5.74, 6) is 0. The van der Waals surface area contributed by atoms with E-state index in [-0.39, 0.29) is 0 Å². The molecule has 1 saturated heterocycles. The number of aldehydes is 1. The Balaban J connectivity index is 1.86. The predicted octanol–water partition coefficient (Wildman–Crippen LogP) is 1.26. The van der Waals surface area contributed by atoms with Gasteiger partial charge in [0.05, 0.1) is 5.69 Å². The highest BCUT2D eigenvalue weighted by molar-refractivity contribution is 5.72. The highest BCUT2D eigenvalue weighted by Crippen LogP contribution is 2.09. The number of carbonyl (C=O) groups is 1. The summed E-state index contributed by atoms with van der Waals surface area (Å²) in [4.78, 5) is 13.2. The van der Waals surface area contributed by atoms with Crippen LogP contribution in [0, 0.1) is 0 Å². The number of aryl methyl sites for hydroxylation is 1. The molecule has 0 bridgehead atoms. The van der Waals surface area contributed by atoms with E-state index in [1.807, 2.05) is 13.1 Å². The Labute approximate surface area is 96.2 Å². The van der Waals surface area contributed by atoms with Crippen molar-refractivity contribution in [2.45, 2.75) is 25.7 Å². The van der Waals surface area contributed by atoms with Gasteiger partial charge in [-0.25, -0.2) is 0 Å². The molecule has 16 heavy (non-hydrogen) atoms. The van der Waals surface area contributed by atoms with Crippen LogP contribution >= 0.6 is 0 Å². The van der Waals surface area contributed by atoms with Crippen molar-refractivity contribution in [3.05, 3.63) is 17.5 Å². The van der Waals surface area contributed by atoms with Crippen LogP contribution in [-0.2, 0) is 13.5 Å². The van der Waals surface area contributed by atoms with Gasteiger partial charge >= 0.3 is 0 Å². The van der Waals surface area contributed by atoms with Gasteiger partial charge in [0.25, 0.3) is 0 Å². The van der Waals surface area contributed by atoms with Gasteiger partial charge in [0.15, 0.2) is 6.29 Å². The van der Waals surface area contributed by atoms with Crippen LogP contribution in [0.25, 0.3) is 0 Å². The first kappa shape index (κ1) is 11.3. The largest absolute Gasteiger partial charge is 0.303 e. The molecule has 0 aromatic carbocycles. The third-order valence-electron chi connectivity index (χ3n) is 3.22. The van der Waals surface area contributed by atoms with E-state index in [4.69, 9.17) is 0 Å². The Morgan fingerprint density at radius 3 is 2.75 bits per heavy atom. The molecule has 0 spiro atoms. The topological polar surface area (TPSA) is 38.1 Å². The van der Waals surface area contributed by atoms with Gasteiger partial charge in [0.2, 0.25) is 0 Å². The maximum atomic E-state index is 10.7. The zero-order chi connectivity index (χ0) is 11.4. The van der Waals surface area contributed by atoms with Crippen LogP contribution in [0.4, 0.5) is 0 Å². The highest BCUT2D eigenvalue weighted by atomic mass is 16.1. The predicted molar refractivity (Wildman–Crippen MR) is 62.6 cm³/mol. The molecule has 0 radical (unpaired) electrons. The SMILES string of the molecule is Cn1nc(CCN2CCCCC2)cc1C=O. The zero-order valence-electron chi connectivity index (χ0n) is 9.85. The Kier molecular flexibility index (Phi) is 3.72. The van der Waals surface area contributed by atoms with Gasteiger partial charge in [0.1, 0.15) is 5.69 Å². The van der Waals surface area contributed by atoms with E-state index in [0.717, 1.165) is 24.9 Å². The zero-order valence-corrected chi connectivity index (χ0v) is 9.85. The summed E-state index contributed by atoms with van der Waals surface area (Å²) in [5.41, 5.74) is 1.68. The summed E-state index contributed by atoms with van der Waals surface area (Å²) in [5, 5.41) is 4.32. The average Bonchev–Trinajstić information content (AvgIpc) is 2.69. The number of hydrogen-bond donors (Lipinski definition) is 0. The van der Waals surface area contributed by atoms with Crippen molar-refractivity contribution in [3.63, 3.8) is 0 Å². The molecule has 4 nitrogen and oxygen atoms in total. The van der Waals surface area contributed by atoms with E-state index in [0.29, 0.717) is 5.69 Å². The maximum Gasteiger partial charge on any atom is 0.168 e. The molecule has 2 heterocycles. The van der Waals surface area contributed by atoms with Crippen molar-refractivity contribution >= 4 is 6.29 Å². The molecule has 88 valence electrons. The van der Waals surface area contributed by atoms with Crippen molar-refractivity contribution in [2.75, 3.05) is 19.6 Å². The number of hydrogen-bond acceptors (Lipinski definition) is 3. The van der Waals surface area contributed by atoms with Crippen molar-refractivity contribution < 1.29 is 4.79 Å². The monoisotopic (exact) mass is 221 g/mol. The van der Waals surface area contributed by atoms with Gasteiger partial charge in [-0.15, -0.1) is 0 Å². The second kappa shape index (κ2) is 5.25. The normalized spacial score (nSPS) is 17.6. The lowest BCUT2D eigenvalue weighted by atomic mass is 10.1. The Morgan fingerprint density at radius 1 is 1.38 bits per heavy atom. The van der Waals surface area contributed by atoms with Crippen molar-refractivity contribution in [1.29, 1.82) is 0 Å². The first-order chi connectivity index (χ1) is 7.79. The number of aromatic nitrogens is 2. The minimum atomic E-state index is 0.661. The summed E-state index contributed by atoms with van der Waals surface area (Å²) < 4.78 is 1.65. The van der Waals surface area contributed by atoms with Crippen LogP contribution < -0.4 is 0 Å².